The van der Waals surface area contributed by atoms with Gasteiger partial charge in [0.15, 0.2) is 0 Å². The molecule has 0 aromatic heterocycles. The highest BCUT2D eigenvalue weighted by Gasteiger charge is 2.35. The van der Waals surface area contributed by atoms with Gasteiger partial charge in [0.05, 0.1) is 5.60 Å². The summed E-state index contributed by atoms with van der Waals surface area (Å²) in [6, 6.07) is 0.662. The van der Waals surface area contributed by atoms with E-state index in [1.165, 1.54) is 19.3 Å². The van der Waals surface area contributed by atoms with Crippen LogP contribution in [0.1, 0.15) is 39.0 Å². The molecule has 3 nitrogen and oxygen atoms in total. The molecule has 0 amide bonds. The number of nitrogens with one attached hydrogen (secondary N) is 1. The van der Waals surface area contributed by atoms with Crippen LogP contribution in [0.4, 0.5) is 0 Å². The lowest BCUT2D eigenvalue weighted by Gasteiger charge is -2.40. The number of aliphatic hydroxyl groups is 1. The van der Waals surface area contributed by atoms with Crippen LogP contribution >= 0.6 is 0 Å². The Labute approximate surface area is 99.2 Å². The highest BCUT2D eigenvalue weighted by Crippen LogP contribution is 2.31. The molecule has 1 saturated carbocycles. The SMILES string of the molecule is CNC1CCN(CC2(O)CCCC2)CC1C. The Kier molecular flexibility index (Phi) is 3.88. The smallest absolute Gasteiger partial charge is 0.0774 e. The van der Waals surface area contributed by atoms with Crippen molar-refractivity contribution in [2.24, 2.45) is 5.92 Å². The summed E-state index contributed by atoms with van der Waals surface area (Å²) in [7, 11) is 2.06. The third kappa shape index (κ3) is 2.76. The van der Waals surface area contributed by atoms with Crippen LogP contribution in [0.15, 0.2) is 0 Å². The number of β-amino-alcohol motifs (C(OH)–C–C–N with tert-alkyl or cyclic N) is 1. The third-order valence-corrected chi connectivity index (χ3v) is 4.41. The third-order valence-electron chi connectivity index (χ3n) is 4.41. The van der Waals surface area contributed by atoms with Gasteiger partial charge in [0, 0.05) is 19.1 Å². The van der Waals surface area contributed by atoms with Crippen molar-refractivity contribution in [2.45, 2.75) is 50.7 Å². The molecule has 0 spiro atoms. The Morgan fingerprint density at radius 3 is 2.62 bits per heavy atom. The summed E-state index contributed by atoms with van der Waals surface area (Å²) in [6.07, 6.45) is 5.65. The molecule has 0 radical (unpaired) electrons. The van der Waals surface area contributed by atoms with Gasteiger partial charge in [-0.1, -0.05) is 19.8 Å². The van der Waals surface area contributed by atoms with E-state index in [1.807, 2.05) is 0 Å². The molecule has 2 unspecified atom stereocenters. The summed E-state index contributed by atoms with van der Waals surface area (Å²) < 4.78 is 0. The average Bonchev–Trinajstić information content (AvgIpc) is 2.65. The second-order valence-corrected chi connectivity index (χ2v) is 5.83. The van der Waals surface area contributed by atoms with Gasteiger partial charge in [0.1, 0.15) is 0 Å². The molecule has 0 aromatic carbocycles. The summed E-state index contributed by atoms with van der Waals surface area (Å²) in [6.45, 7) is 5.48. The maximum absolute atomic E-state index is 10.4. The Morgan fingerprint density at radius 2 is 2.06 bits per heavy atom. The van der Waals surface area contributed by atoms with E-state index in [2.05, 4.69) is 24.2 Å². The minimum Gasteiger partial charge on any atom is -0.389 e. The predicted octanol–water partition coefficient (Wildman–Crippen LogP) is 1.22. The molecular weight excluding hydrogens is 200 g/mol. The first-order valence-electron chi connectivity index (χ1n) is 6.75. The second-order valence-electron chi connectivity index (χ2n) is 5.83. The van der Waals surface area contributed by atoms with Gasteiger partial charge in [-0.15, -0.1) is 0 Å². The van der Waals surface area contributed by atoms with Crippen LogP contribution in [0, 0.1) is 5.92 Å². The number of rotatable bonds is 3. The van der Waals surface area contributed by atoms with Gasteiger partial charge in [-0.25, -0.2) is 0 Å². The Bertz CT molecular complexity index is 226. The fourth-order valence-electron chi connectivity index (χ4n) is 3.41. The quantitative estimate of drug-likeness (QED) is 0.759. The lowest BCUT2D eigenvalue weighted by atomic mass is 9.92. The van der Waals surface area contributed by atoms with Crippen LogP contribution in [0.3, 0.4) is 0 Å². The fourth-order valence-corrected chi connectivity index (χ4v) is 3.41. The minimum absolute atomic E-state index is 0.369. The van der Waals surface area contributed by atoms with Crippen molar-refractivity contribution in [1.29, 1.82) is 0 Å². The van der Waals surface area contributed by atoms with E-state index in [9.17, 15) is 5.11 Å². The first-order valence-corrected chi connectivity index (χ1v) is 6.75. The van der Waals surface area contributed by atoms with Crippen LogP contribution in [-0.2, 0) is 0 Å². The molecule has 1 saturated heterocycles. The van der Waals surface area contributed by atoms with Crippen LogP contribution in [-0.4, -0.2) is 48.3 Å². The molecule has 1 heterocycles. The van der Waals surface area contributed by atoms with E-state index >= 15 is 0 Å². The van der Waals surface area contributed by atoms with Gasteiger partial charge in [-0.2, -0.15) is 0 Å². The summed E-state index contributed by atoms with van der Waals surface area (Å²) in [4.78, 5) is 2.46. The topological polar surface area (TPSA) is 35.5 Å². The predicted molar refractivity (Wildman–Crippen MR) is 66.5 cm³/mol. The second kappa shape index (κ2) is 5.03. The van der Waals surface area contributed by atoms with Gasteiger partial charge >= 0.3 is 0 Å². The number of hydrogen-bond donors (Lipinski definition) is 2. The van der Waals surface area contributed by atoms with E-state index in [4.69, 9.17) is 0 Å². The molecule has 2 fully saturated rings. The highest BCUT2D eigenvalue weighted by molar-refractivity contribution is 4.90. The van der Waals surface area contributed by atoms with Crippen molar-refractivity contribution >= 4 is 0 Å². The van der Waals surface area contributed by atoms with E-state index in [0.29, 0.717) is 12.0 Å². The number of hydrogen-bond acceptors (Lipinski definition) is 3. The largest absolute Gasteiger partial charge is 0.389 e. The molecule has 2 rings (SSSR count). The van der Waals surface area contributed by atoms with Gasteiger partial charge in [-0.05, 0) is 38.8 Å². The first-order chi connectivity index (χ1) is 7.63. The molecule has 2 aliphatic rings. The Balaban J connectivity index is 1.83. The van der Waals surface area contributed by atoms with Crippen LogP contribution < -0.4 is 5.32 Å². The molecule has 94 valence electrons. The van der Waals surface area contributed by atoms with Crippen molar-refractivity contribution in [2.75, 3.05) is 26.7 Å². The van der Waals surface area contributed by atoms with Gasteiger partial charge in [0.2, 0.25) is 0 Å². The van der Waals surface area contributed by atoms with Crippen molar-refractivity contribution in [3.05, 3.63) is 0 Å². The Hall–Kier alpha value is -0.120. The number of likely N-dealkylation sites (tertiary alicyclic amines) is 1. The van der Waals surface area contributed by atoms with Crippen molar-refractivity contribution < 1.29 is 5.11 Å². The van der Waals surface area contributed by atoms with Gasteiger partial charge < -0.3 is 15.3 Å². The molecule has 1 aliphatic heterocycles. The minimum atomic E-state index is -0.369. The summed E-state index contributed by atoms with van der Waals surface area (Å²) in [5.74, 6) is 0.698. The molecule has 3 heteroatoms. The highest BCUT2D eigenvalue weighted by atomic mass is 16.3. The van der Waals surface area contributed by atoms with Crippen LogP contribution in [0.2, 0.25) is 0 Å². The first kappa shape index (κ1) is 12.3. The molecule has 16 heavy (non-hydrogen) atoms. The van der Waals surface area contributed by atoms with Gasteiger partial charge in [0.25, 0.3) is 0 Å². The van der Waals surface area contributed by atoms with E-state index in [-0.39, 0.29) is 5.60 Å². The zero-order valence-electron chi connectivity index (χ0n) is 10.7. The molecule has 2 N–H and O–H groups in total. The summed E-state index contributed by atoms with van der Waals surface area (Å²) >= 11 is 0. The van der Waals surface area contributed by atoms with Crippen molar-refractivity contribution in [3.8, 4) is 0 Å². The standard InChI is InChI=1S/C13H26N2O/c1-11-9-15(8-5-12(11)14-2)10-13(16)6-3-4-7-13/h11-12,14,16H,3-10H2,1-2H3. The lowest BCUT2D eigenvalue weighted by Crippen LogP contribution is -2.51. The van der Waals surface area contributed by atoms with Crippen LogP contribution in [0.5, 0.6) is 0 Å². The number of nitrogens with zero attached hydrogens (tertiary/aromatic N) is 1. The van der Waals surface area contributed by atoms with Crippen LogP contribution in [0.25, 0.3) is 0 Å². The maximum atomic E-state index is 10.4. The molecule has 1 aliphatic carbocycles. The zero-order valence-corrected chi connectivity index (χ0v) is 10.7. The molecule has 0 bridgehead atoms. The van der Waals surface area contributed by atoms with Gasteiger partial charge in [-0.3, -0.25) is 0 Å². The zero-order chi connectivity index (χ0) is 11.6. The molecular formula is C13H26N2O. The monoisotopic (exact) mass is 226 g/mol. The average molecular weight is 226 g/mol. The molecule has 0 aromatic rings. The van der Waals surface area contributed by atoms with E-state index in [0.717, 1.165) is 32.5 Å². The van der Waals surface area contributed by atoms with Crippen molar-refractivity contribution in [1.82, 2.24) is 10.2 Å². The van der Waals surface area contributed by atoms with E-state index < -0.39 is 0 Å². The Morgan fingerprint density at radius 1 is 1.38 bits per heavy atom. The maximum Gasteiger partial charge on any atom is 0.0774 e. The molecule has 2 atom stereocenters. The lowest BCUT2D eigenvalue weighted by molar-refractivity contribution is -0.00468. The van der Waals surface area contributed by atoms with E-state index in [1.54, 1.807) is 0 Å². The normalized spacial score (nSPS) is 35.4. The van der Waals surface area contributed by atoms with Crippen molar-refractivity contribution in [3.63, 3.8) is 0 Å². The number of piperidine rings is 1. The summed E-state index contributed by atoms with van der Waals surface area (Å²) in [5, 5.41) is 13.8. The fraction of sp³-hybridized carbons (Fsp3) is 1.00. The summed E-state index contributed by atoms with van der Waals surface area (Å²) in [5.41, 5.74) is -0.369.